The molecule has 2 heterocycles. The zero-order valence-electron chi connectivity index (χ0n) is 27.0. The third-order valence-electron chi connectivity index (χ3n) is 9.52. The number of aliphatic hydroxyl groups excluding tert-OH is 2. The van der Waals surface area contributed by atoms with Crippen molar-refractivity contribution in [3.8, 4) is 28.7 Å². The first-order valence-electron chi connectivity index (χ1n) is 15.3. The van der Waals surface area contributed by atoms with E-state index < -0.39 is 59.9 Å². The molecule has 1 saturated carbocycles. The number of esters is 1. The first-order valence-corrected chi connectivity index (χ1v) is 15.3. The quantitative estimate of drug-likeness (QED) is 0.291. The summed E-state index contributed by atoms with van der Waals surface area (Å²) in [7, 11) is 5.86. The number of methoxy groups -OCH3 is 4. The van der Waals surface area contributed by atoms with Gasteiger partial charge in [0.05, 0.1) is 39.1 Å². The van der Waals surface area contributed by atoms with Crippen molar-refractivity contribution in [2.24, 2.45) is 0 Å². The molecule has 12 heteroatoms. The second-order valence-electron chi connectivity index (χ2n) is 12.0. The lowest BCUT2D eigenvalue weighted by atomic mass is 9.71. The summed E-state index contributed by atoms with van der Waals surface area (Å²) in [5.41, 5.74) is -2.01. The van der Waals surface area contributed by atoms with Crippen molar-refractivity contribution < 1.29 is 58.0 Å². The predicted molar refractivity (Wildman–Crippen MR) is 166 cm³/mol. The van der Waals surface area contributed by atoms with E-state index in [0.29, 0.717) is 28.4 Å². The Balaban J connectivity index is 1.53. The van der Waals surface area contributed by atoms with E-state index >= 15 is 0 Å². The van der Waals surface area contributed by atoms with Gasteiger partial charge in [0, 0.05) is 37.6 Å². The zero-order chi connectivity index (χ0) is 33.7. The highest BCUT2D eigenvalue weighted by Crippen LogP contribution is 2.69. The number of benzene rings is 3. The van der Waals surface area contributed by atoms with Crippen LogP contribution in [0.25, 0.3) is 0 Å². The molecule has 0 radical (unpaired) electrons. The molecule has 252 valence electrons. The summed E-state index contributed by atoms with van der Waals surface area (Å²) in [6.07, 6.45) is -6.26. The lowest BCUT2D eigenvalue weighted by molar-refractivity contribution is -0.278. The lowest BCUT2D eigenvalue weighted by Crippen LogP contribution is -2.60. The minimum Gasteiger partial charge on any atom is -0.496 e. The molecule has 1 aliphatic carbocycles. The zero-order valence-corrected chi connectivity index (χ0v) is 27.0. The Kier molecular flexibility index (Phi) is 8.75. The number of carbonyl (C=O) groups excluding carboxylic acids is 1. The maximum Gasteiger partial charge on any atom is 0.303 e. The Morgan fingerprint density at radius 2 is 1.62 bits per heavy atom. The molecule has 0 amide bonds. The van der Waals surface area contributed by atoms with Crippen LogP contribution in [0.4, 0.5) is 0 Å². The number of fused-ring (bicyclic) bond motifs is 3. The van der Waals surface area contributed by atoms with Crippen LogP contribution >= 0.6 is 0 Å². The number of carbonyl (C=O) groups is 1. The number of hydrogen-bond acceptors (Lipinski definition) is 12. The fraction of sp³-hybridized carbons (Fsp3) is 0.457. The fourth-order valence-corrected chi connectivity index (χ4v) is 7.38. The van der Waals surface area contributed by atoms with Crippen LogP contribution in [-0.4, -0.2) is 86.5 Å². The lowest BCUT2D eigenvalue weighted by Gasteiger charge is -2.42. The molecule has 12 nitrogen and oxygen atoms in total. The van der Waals surface area contributed by atoms with Gasteiger partial charge in [-0.1, -0.05) is 36.4 Å². The number of rotatable bonds is 9. The van der Waals surface area contributed by atoms with E-state index in [1.165, 1.54) is 35.4 Å². The van der Waals surface area contributed by atoms with Crippen molar-refractivity contribution in [1.29, 1.82) is 0 Å². The molecule has 1 saturated heterocycles. The van der Waals surface area contributed by atoms with Gasteiger partial charge in [0.25, 0.3) is 0 Å². The Hall–Kier alpha value is -4.07. The predicted octanol–water partition coefficient (Wildman–Crippen LogP) is 3.17. The molecule has 3 aromatic rings. The van der Waals surface area contributed by atoms with Crippen LogP contribution in [0, 0.1) is 0 Å². The minimum absolute atomic E-state index is 0.155. The molecule has 0 bridgehead atoms. The molecular formula is C35H40O12. The van der Waals surface area contributed by atoms with Crippen LogP contribution in [-0.2, 0) is 30.2 Å². The average Bonchev–Trinajstić information content (AvgIpc) is 3.47. The summed E-state index contributed by atoms with van der Waals surface area (Å²) in [4.78, 5) is 12.1. The number of hydrogen-bond donors (Lipinski definition) is 3. The maximum atomic E-state index is 12.9. The van der Waals surface area contributed by atoms with Crippen LogP contribution in [0.3, 0.4) is 0 Å². The largest absolute Gasteiger partial charge is 0.496 e. The first-order chi connectivity index (χ1) is 22.5. The molecule has 3 N–H and O–H groups in total. The smallest absolute Gasteiger partial charge is 0.303 e. The highest BCUT2D eigenvalue weighted by atomic mass is 16.7. The van der Waals surface area contributed by atoms with E-state index in [0.717, 1.165) is 5.56 Å². The van der Waals surface area contributed by atoms with Crippen LogP contribution in [0.5, 0.6) is 28.7 Å². The van der Waals surface area contributed by atoms with Crippen LogP contribution in [0.2, 0.25) is 0 Å². The molecule has 3 aromatic carbocycles. The fourth-order valence-electron chi connectivity index (χ4n) is 7.38. The Bertz CT molecular complexity index is 1610. The molecule has 2 aliphatic heterocycles. The molecule has 0 aromatic heterocycles. The highest BCUT2D eigenvalue weighted by molar-refractivity contribution is 5.66. The summed E-state index contributed by atoms with van der Waals surface area (Å²) in [5, 5.41) is 35.4. The molecular weight excluding hydrogens is 612 g/mol. The Morgan fingerprint density at radius 3 is 2.26 bits per heavy atom. The normalized spacial score (nSPS) is 32.5. The SMILES string of the molecule is COc1cc(OC)c2c(c1)O[C@@]1(c3ccc(OC)c(O[C@@H]4O[C@@H](C)[C@H](O)[C@@H](OC)[C@H]4OC(C)=O)c3)[C@H](c3ccccc3)C[C@@H](O)[C@@]21O. The maximum absolute atomic E-state index is 12.9. The van der Waals surface area contributed by atoms with Crippen molar-refractivity contribution in [2.45, 2.75) is 74.2 Å². The molecule has 0 unspecified atom stereocenters. The van der Waals surface area contributed by atoms with E-state index in [2.05, 4.69) is 0 Å². The average molecular weight is 653 g/mol. The van der Waals surface area contributed by atoms with E-state index in [1.807, 2.05) is 30.3 Å². The van der Waals surface area contributed by atoms with Crippen molar-refractivity contribution in [1.82, 2.24) is 0 Å². The van der Waals surface area contributed by atoms with Crippen LogP contribution < -0.4 is 23.7 Å². The van der Waals surface area contributed by atoms with Gasteiger partial charge in [0.2, 0.25) is 6.29 Å². The van der Waals surface area contributed by atoms with E-state index in [-0.39, 0.29) is 17.9 Å². The van der Waals surface area contributed by atoms with Crippen LogP contribution in [0.1, 0.15) is 42.9 Å². The summed E-state index contributed by atoms with van der Waals surface area (Å²) < 4.78 is 47.2. The summed E-state index contributed by atoms with van der Waals surface area (Å²) in [5.74, 6) is 0.320. The third-order valence-corrected chi connectivity index (χ3v) is 9.52. The van der Waals surface area contributed by atoms with Crippen molar-refractivity contribution in [2.75, 3.05) is 28.4 Å². The number of ether oxygens (including phenoxy) is 8. The van der Waals surface area contributed by atoms with E-state index in [1.54, 1.807) is 37.3 Å². The van der Waals surface area contributed by atoms with E-state index in [4.69, 9.17) is 37.9 Å². The van der Waals surface area contributed by atoms with Gasteiger partial charge >= 0.3 is 5.97 Å². The monoisotopic (exact) mass is 652 g/mol. The van der Waals surface area contributed by atoms with Gasteiger partial charge in [-0.05, 0) is 31.0 Å². The van der Waals surface area contributed by atoms with Gasteiger partial charge in [0.15, 0.2) is 28.8 Å². The summed E-state index contributed by atoms with van der Waals surface area (Å²) in [6, 6.07) is 17.9. The molecule has 2 fully saturated rings. The molecule has 3 aliphatic rings. The first kappa shape index (κ1) is 32.9. The van der Waals surface area contributed by atoms with Crippen LogP contribution in [0.15, 0.2) is 60.7 Å². The second kappa shape index (κ2) is 12.5. The minimum atomic E-state index is -1.99. The molecule has 0 spiro atoms. The Morgan fingerprint density at radius 1 is 0.894 bits per heavy atom. The van der Waals surface area contributed by atoms with Crippen molar-refractivity contribution in [3.05, 3.63) is 77.4 Å². The van der Waals surface area contributed by atoms with Gasteiger partial charge in [-0.25, -0.2) is 0 Å². The second-order valence-corrected chi connectivity index (χ2v) is 12.0. The van der Waals surface area contributed by atoms with Gasteiger partial charge in [-0.3, -0.25) is 4.79 Å². The molecule has 9 atom stereocenters. The topological polar surface area (TPSA) is 152 Å². The highest BCUT2D eigenvalue weighted by Gasteiger charge is 2.73. The number of aliphatic hydroxyl groups is 3. The third kappa shape index (κ3) is 5.06. The van der Waals surface area contributed by atoms with Crippen molar-refractivity contribution in [3.63, 3.8) is 0 Å². The van der Waals surface area contributed by atoms with Crippen molar-refractivity contribution >= 4 is 5.97 Å². The summed E-state index contributed by atoms with van der Waals surface area (Å²) in [6.45, 7) is 2.89. The summed E-state index contributed by atoms with van der Waals surface area (Å²) >= 11 is 0. The standard InChI is InChI=1S/C35H40O12/c1-18-30(38)31(43-6)32(45-19(2)36)33(44-18)46-25-14-21(12-13-24(25)41-4)35-23(20-10-8-7-9-11-20)17-28(37)34(35,39)29-26(42-5)15-22(40-3)16-27(29)47-35/h7-16,18,23,28,30-33,37-39H,17H2,1-6H3/t18-,23-,28+,30-,31+,32+,33-,34+,35-/m0/s1. The van der Waals surface area contributed by atoms with Gasteiger partial charge in [0.1, 0.15) is 29.5 Å². The van der Waals surface area contributed by atoms with E-state index in [9.17, 15) is 20.1 Å². The van der Waals surface area contributed by atoms with Gasteiger partial charge < -0.3 is 53.2 Å². The Labute approximate surface area is 272 Å². The van der Waals surface area contributed by atoms with Gasteiger partial charge in [-0.2, -0.15) is 0 Å². The molecule has 47 heavy (non-hydrogen) atoms. The molecule has 6 rings (SSSR count). The van der Waals surface area contributed by atoms with Gasteiger partial charge in [-0.15, -0.1) is 0 Å².